The lowest BCUT2D eigenvalue weighted by atomic mass is 10.2. The van der Waals surface area contributed by atoms with Crippen molar-refractivity contribution in [2.75, 3.05) is 5.32 Å². The van der Waals surface area contributed by atoms with Crippen molar-refractivity contribution in [2.45, 2.75) is 6.54 Å². The summed E-state index contributed by atoms with van der Waals surface area (Å²) in [6.45, 7) is 0.314. The van der Waals surface area contributed by atoms with Crippen LogP contribution in [-0.2, 0) is 6.54 Å². The molecule has 0 saturated heterocycles. The minimum Gasteiger partial charge on any atom is -0.353 e. The molecular formula is C15H12ClN5OS. The summed E-state index contributed by atoms with van der Waals surface area (Å²) in [7, 11) is 0. The largest absolute Gasteiger partial charge is 0.353 e. The molecule has 116 valence electrons. The fourth-order valence-corrected chi connectivity index (χ4v) is 2.26. The second kappa shape index (κ2) is 7.17. The van der Waals surface area contributed by atoms with Gasteiger partial charge in [0.25, 0.3) is 0 Å². The van der Waals surface area contributed by atoms with Gasteiger partial charge in [0.15, 0.2) is 5.11 Å². The molecule has 3 rings (SSSR count). The highest BCUT2D eigenvalue weighted by molar-refractivity contribution is 7.80. The molecule has 2 aromatic heterocycles. The van der Waals surface area contributed by atoms with E-state index in [1.165, 1.54) is 0 Å². The van der Waals surface area contributed by atoms with Crippen molar-refractivity contribution in [3.8, 4) is 11.4 Å². The first-order chi connectivity index (χ1) is 11.2. The molecule has 3 aromatic rings. The van der Waals surface area contributed by atoms with Crippen LogP contribution in [-0.4, -0.2) is 20.2 Å². The van der Waals surface area contributed by atoms with E-state index in [4.69, 9.17) is 28.3 Å². The normalized spacial score (nSPS) is 10.3. The summed E-state index contributed by atoms with van der Waals surface area (Å²) in [5.41, 5.74) is 1.57. The number of thiocarbonyl (C=S) groups is 1. The number of hydrogen-bond acceptors (Lipinski definition) is 5. The van der Waals surface area contributed by atoms with Crippen molar-refractivity contribution in [3.63, 3.8) is 0 Å². The number of nitrogens with one attached hydrogen (secondary N) is 2. The van der Waals surface area contributed by atoms with Gasteiger partial charge in [0.2, 0.25) is 11.7 Å². The third kappa shape index (κ3) is 4.02. The molecule has 0 fully saturated rings. The molecule has 2 N–H and O–H groups in total. The zero-order valence-corrected chi connectivity index (χ0v) is 13.4. The minimum absolute atomic E-state index is 0.314. The molecule has 0 atom stereocenters. The molecule has 0 aliphatic rings. The number of nitrogens with zero attached hydrogens (tertiary/aromatic N) is 3. The van der Waals surface area contributed by atoms with E-state index in [1.54, 1.807) is 18.5 Å². The molecule has 0 aliphatic carbocycles. The Balaban J connectivity index is 1.59. The van der Waals surface area contributed by atoms with Crippen molar-refractivity contribution in [2.24, 2.45) is 0 Å². The Kier molecular flexibility index (Phi) is 4.80. The molecule has 0 radical (unpaired) electrons. The highest BCUT2D eigenvalue weighted by atomic mass is 35.5. The maximum atomic E-state index is 6.11. The van der Waals surface area contributed by atoms with Crippen LogP contribution < -0.4 is 10.6 Å². The Morgan fingerprint density at radius 3 is 2.74 bits per heavy atom. The van der Waals surface area contributed by atoms with Crippen LogP contribution in [0.15, 0.2) is 53.3 Å². The zero-order chi connectivity index (χ0) is 16.1. The maximum absolute atomic E-state index is 6.11. The first-order valence-electron chi connectivity index (χ1n) is 6.75. The molecule has 6 nitrogen and oxygen atoms in total. The summed E-state index contributed by atoms with van der Waals surface area (Å²) in [6.07, 6.45) is 3.36. The SMILES string of the molecule is S=C(NCc1nc(-c2ccccc2Cl)no1)Nc1ccncc1. The summed E-state index contributed by atoms with van der Waals surface area (Å²) >= 11 is 11.3. The van der Waals surface area contributed by atoms with Crippen LogP contribution in [0.4, 0.5) is 5.69 Å². The van der Waals surface area contributed by atoms with Gasteiger partial charge < -0.3 is 15.2 Å². The number of anilines is 1. The lowest BCUT2D eigenvalue weighted by molar-refractivity contribution is 0.376. The Morgan fingerprint density at radius 2 is 1.96 bits per heavy atom. The van der Waals surface area contributed by atoms with E-state index in [9.17, 15) is 0 Å². The highest BCUT2D eigenvalue weighted by Crippen LogP contribution is 2.24. The lowest BCUT2D eigenvalue weighted by Gasteiger charge is -2.07. The number of halogens is 1. The molecule has 0 bridgehead atoms. The van der Waals surface area contributed by atoms with Crippen LogP contribution in [0.2, 0.25) is 5.02 Å². The quantitative estimate of drug-likeness (QED) is 0.703. The molecule has 0 unspecified atom stereocenters. The maximum Gasteiger partial charge on any atom is 0.246 e. The Bertz CT molecular complexity index is 808. The van der Waals surface area contributed by atoms with E-state index in [1.807, 2.05) is 30.3 Å². The van der Waals surface area contributed by atoms with Crippen molar-refractivity contribution in [1.29, 1.82) is 0 Å². The van der Waals surface area contributed by atoms with Gasteiger partial charge in [0.1, 0.15) is 0 Å². The summed E-state index contributed by atoms with van der Waals surface area (Å²) in [5.74, 6) is 0.860. The minimum atomic E-state index is 0.314. The second-order valence-electron chi connectivity index (χ2n) is 4.54. The van der Waals surface area contributed by atoms with Crippen LogP contribution in [0.25, 0.3) is 11.4 Å². The Morgan fingerprint density at radius 1 is 1.17 bits per heavy atom. The van der Waals surface area contributed by atoms with Crippen molar-refractivity contribution in [1.82, 2.24) is 20.4 Å². The van der Waals surface area contributed by atoms with Crippen LogP contribution in [0.3, 0.4) is 0 Å². The van der Waals surface area contributed by atoms with E-state index in [-0.39, 0.29) is 0 Å². The average Bonchev–Trinajstić information content (AvgIpc) is 3.03. The highest BCUT2D eigenvalue weighted by Gasteiger charge is 2.11. The van der Waals surface area contributed by atoms with E-state index >= 15 is 0 Å². The van der Waals surface area contributed by atoms with Crippen LogP contribution >= 0.6 is 23.8 Å². The van der Waals surface area contributed by atoms with Gasteiger partial charge in [-0.1, -0.05) is 28.9 Å². The molecule has 1 aromatic carbocycles. The summed E-state index contributed by atoms with van der Waals surface area (Å²) in [5, 5.41) is 11.0. The van der Waals surface area contributed by atoms with E-state index in [2.05, 4.69) is 25.8 Å². The topological polar surface area (TPSA) is 75.9 Å². The lowest BCUT2D eigenvalue weighted by Crippen LogP contribution is -2.27. The van der Waals surface area contributed by atoms with Gasteiger partial charge >= 0.3 is 0 Å². The van der Waals surface area contributed by atoms with Crippen LogP contribution in [0.5, 0.6) is 0 Å². The molecule has 8 heteroatoms. The Hall–Kier alpha value is -2.51. The second-order valence-corrected chi connectivity index (χ2v) is 5.35. The number of rotatable bonds is 4. The molecule has 0 saturated carbocycles. The van der Waals surface area contributed by atoms with E-state index < -0.39 is 0 Å². The standard InChI is InChI=1S/C15H12ClN5OS/c16-12-4-2-1-3-11(12)14-20-13(22-21-14)9-18-15(23)19-10-5-7-17-8-6-10/h1-8H,9H2,(H2,17,18,19,23). The van der Waals surface area contributed by atoms with Gasteiger partial charge in [-0.15, -0.1) is 0 Å². The summed E-state index contributed by atoms with van der Waals surface area (Å²) in [6, 6.07) is 11.0. The van der Waals surface area contributed by atoms with Gasteiger partial charge in [-0.25, -0.2) is 0 Å². The molecule has 0 spiro atoms. The van der Waals surface area contributed by atoms with E-state index in [0.717, 1.165) is 11.3 Å². The third-order valence-corrected chi connectivity index (χ3v) is 3.50. The fraction of sp³-hybridized carbons (Fsp3) is 0.0667. The number of hydrogen-bond donors (Lipinski definition) is 2. The first kappa shape index (κ1) is 15.4. The number of aromatic nitrogens is 3. The van der Waals surface area contributed by atoms with Gasteiger partial charge in [0.05, 0.1) is 11.6 Å². The molecule has 23 heavy (non-hydrogen) atoms. The van der Waals surface area contributed by atoms with Crippen molar-refractivity contribution >= 4 is 34.6 Å². The zero-order valence-electron chi connectivity index (χ0n) is 11.9. The van der Waals surface area contributed by atoms with Crippen LogP contribution in [0.1, 0.15) is 5.89 Å². The van der Waals surface area contributed by atoms with Gasteiger partial charge in [-0.2, -0.15) is 4.98 Å². The number of benzene rings is 1. The molecule has 0 aliphatic heterocycles. The average molecular weight is 346 g/mol. The Labute approximate surface area is 142 Å². The monoisotopic (exact) mass is 345 g/mol. The molecular weight excluding hydrogens is 334 g/mol. The van der Waals surface area contributed by atoms with E-state index in [0.29, 0.717) is 28.4 Å². The van der Waals surface area contributed by atoms with Gasteiger partial charge in [-0.3, -0.25) is 4.98 Å². The predicted molar refractivity (Wildman–Crippen MR) is 92.0 cm³/mol. The van der Waals surface area contributed by atoms with Crippen molar-refractivity contribution < 1.29 is 4.52 Å². The first-order valence-corrected chi connectivity index (χ1v) is 7.53. The van der Waals surface area contributed by atoms with Gasteiger partial charge in [-0.05, 0) is 36.5 Å². The fourth-order valence-electron chi connectivity index (χ4n) is 1.85. The smallest absolute Gasteiger partial charge is 0.246 e. The number of pyridine rings is 1. The molecule has 0 amide bonds. The molecule has 2 heterocycles. The summed E-state index contributed by atoms with van der Waals surface area (Å²) < 4.78 is 5.20. The van der Waals surface area contributed by atoms with Crippen molar-refractivity contribution in [3.05, 3.63) is 59.7 Å². The van der Waals surface area contributed by atoms with Crippen LogP contribution in [0, 0.1) is 0 Å². The summed E-state index contributed by atoms with van der Waals surface area (Å²) in [4.78, 5) is 8.24. The van der Waals surface area contributed by atoms with Gasteiger partial charge in [0, 0.05) is 23.6 Å². The third-order valence-electron chi connectivity index (χ3n) is 2.92. The predicted octanol–water partition coefficient (Wildman–Crippen LogP) is 3.27.